The lowest BCUT2D eigenvalue weighted by Gasteiger charge is -2.01. The van der Waals surface area contributed by atoms with E-state index < -0.39 is 0 Å². The Labute approximate surface area is 69.7 Å². The minimum absolute atomic E-state index is 0. The van der Waals surface area contributed by atoms with Crippen molar-refractivity contribution in [3.63, 3.8) is 0 Å². The molecule has 1 aromatic carbocycles. The minimum Gasteiger partial charge on any atom is -0.0622 e. The van der Waals surface area contributed by atoms with Gasteiger partial charge in [0.2, 0.25) is 0 Å². The molecule has 0 saturated heterocycles. The Kier molecular flexibility index (Phi) is 4.21. The first-order chi connectivity index (χ1) is 4.30. The fourth-order valence-electron chi connectivity index (χ4n) is 0.838. The third kappa shape index (κ3) is 2.44. The first-order valence-electron chi connectivity index (χ1n) is 3.35. The van der Waals surface area contributed by atoms with E-state index in [4.69, 9.17) is 0 Å². The molecule has 0 heterocycles. The van der Waals surface area contributed by atoms with Crippen LogP contribution in [-0.4, -0.2) is 0 Å². The molecule has 0 saturated carbocycles. The molecule has 0 aliphatic heterocycles. The van der Waals surface area contributed by atoms with Gasteiger partial charge in [0, 0.05) is 13.5 Å². The van der Waals surface area contributed by atoms with Crippen molar-refractivity contribution in [1.29, 1.82) is 0 Å². The minimum atomic E-state index is 0. The fraction of sp³-hybridized carbons (Fsp3) is 0.333. The molecule has 0 fully saturated rings. The molecule has 0 spiro atoms. The molecule has 0 bridgehead atoms. The molecule has 2 radical (unpaired) electrons. The highest BCUT2D eigenvalue weighted by Crippen LogP contribution is 2.11. The van der Waals surface area contributed by atoms with Crippen LogP contribution in [0.5, 0.6) is 0 Å². The van der Waals surface area contributed by atoms with Gasteiger partial charge in [0.05, 0.1) is 0 Å². The molecule has 1 aromatic rings. The third-order valence-electron chi connectivity index (χ3n) is 1.47. The van der Waals surface area contributed by atoms with Crippen molar-refractivity contribution >= 4 is 13.5 Å². The summed E-state index contributed by atoms with van der Waals surface area (Å²) < 4.78 is 0. The second kappa shape index (κ2) is 4.40. The summed E-state index contributed by atoms with van der Waals surface area (Å²) in [4.78, 5) is 0. The van der Waals surface area contributed by atoms with Gasteiger partial charge in [-0.1, -0.05) is 44.2 Å². The quantitative estimate of drug-likeness (QED) is 0.578. The van der Waals surface area contributed by atoms with E-state index in [0.717, 1.165) is 0 Å². The van der Waals surface area contributed by atoms with E-state index in [1.165, 1.54) is 5.56 Å². The Morgan fingerprint density at radius 3 is 1.80 bits per heavy atom. The zero-order valence-electron chi connectivity index (χ0n) is 6.37. The van der Waals surface area contributed by atoms with Gasteiger partial charge in [-0.2, -0.15) is 0 Å². The first kappa shape index (κ1) is 9.57. The zero-order chi connectivity index (χ0) is 6.69. The molecule has 0 N–H and O–H groups in total. The second-order valence-corrected chi connectivity index (χ2v) is 2.57. The van der Waals surface area contributed by atoms with Crippen molar-refractivity contribution in [2.45, 2.75) is 19.8 Å². The van der Waals surface area contributed by atoms with Gasteiger partial charge in [-0.3, -0.25) is 0 Å². The van der Waals surface area contributed by atoms with Gasteiger partial charge in [-0.05, 0) is 11.5 Å². The first-order valence-corrected chi connectivity index (χ1v) is 3.35. The van der Waals surface area contributed by atoms with Crippen molar-refractivity contribution in [3.8, 4) is 0 Å². The molecule has 0 nitrogen and oxygen atoms in total. The molecule has 0 aliphatic carbocycles. The normalized spacial score (nSPS) is 9.10. The van der Waals surface area contributed by atoms with Crippen molar-refractivity contribution in [3.05, 3.63) is 35.9 Å². The predicted molar refractivity (Wildman–Crippen MR) is 48.1 cm³/mol. The van der Waals surface area contributed by atoms with Gasteiger partial charge in [0.15, 0.2) is 0 Å². The molecular formula is C9H12S. The molecule has 0 unspecified atom stereocenters. The van der Waals surface area contributed by atoms with E-state index >= 15 is 0 Å². The topological polar surface area (TPSA) is 0 Å². The molecule has 10 heavy (non-hydrogen) atoms. The summed E-state index contributed by atoms with van der Waals surface area (Å²) in [5.41, 5.74) is 1.41. The van der Waals surface area contributed by atoms with Gasteiger partial charge in [0.1, 0.15) is 0 Å². The van der Waals surface area contributed by atoms with Crippen LogP contribution in [-0.2, 0) is 0 Å². The van der Waals surface area contributed by atoms with Crippen LogP contribution in [0, 0.1) is 0 Å². The summed E-state index contributed by atoms with van der Waals surface area (Å²) in [6.07, 6.45) is 0. The SMILES string of the molecule is CC(C)c1ccccc1.[S]. The number of hydrogen-bond acceptors (Lipinski definition) is 0. The van der Waals surface area contributed by atoms with E-state index in [1.807, 2.05) is 6.07 Å². The van der Waals surface area contributed by atoms with Gasteiger partial charge in [-0.25, -0.2) is 0 Å². The maximum Gasteiger partial charge on any atom is 0 e. The van der Waals surface area contributed by atoms with Crippen LogP contribution < -0.4 is 0 Å². The average Bonchev–Trinajstić information content (AvgIpc) is 1.90. The number of rotatable bonds is 1. The lowest BCUT2D eigenvalue weighted by Crippen LogP contribution is -1.83. The molecule has 0 aliphatic rings. The lowest BCUT2D eigenvalue weighted by atomic mass is 10.0. The van der Waals surface area contributed by atoms with Gasteiger partial charge < -0.3 is 0 Å². The lowest BCUT2D eigenvalue weighted by molar-refractivity contribution is 0.867. The monoisotopic (exact) mass is 152 g/mol. The second-order valence-electron chi connectivity index (χ2n) is 2.57. The molecule has 1 rings (SSSR count). The number of hydrogen-bond donors (Lipinski definition) is 0. The predicted octanol–water partition coefficient (Wildman–Crippen LogP) is 3.46. The largest absolute Gasteiger partial charge is 0.0622 e. The summed E-state index contributed by atoms with van der Waals surface area (Å²) in [6.45, 7) is 4.41. The molecule has 54 valence electrons. The van der Waals surface area contributed by atoms with Crippen LogP contribution in [0.4, 0.5) is 0 Å². The molecule has 0 atom stereocenters. The van der Waals surface area contributed by atoms with E-state index in [9.17, 15) is 0 Å². The Hall–Kier alpha value is -0.430. The van der Waals surface area contributed by atoms with E-state index in [1.54, 1.807) is 0 Å². The standard InChI is InChI=1S/C9H12.S/c1-8(2)9-6-4-3-5-7-9;/h3-8H,1-2H3;. The smallest absolute Gasteiger partial charge is 0 e. The van der Waals surface area contributed by atoms with Crippen LogP contribution in [0.1, 0.15) is 25.3 Å². The highest BCUT2D eigenvalue weighted by Gasteiger charge is 1.93. The Bertz CT molecular complexity index is 167. The Balaban J connectivity index is 0.000000810. The summed E-state index contributed by atoms with van der Waals surface area (Å²) in [6, 6.07) is 10.5. The van der Waals surface area contributed by atoms with Gasteiger partial charge in [-0.15, -0.1) is 0 Å². The molecular weight excluding hydrogens is 140 g/mol. The summed E-state index contributed by atoms with van der Waals surface area (Å²) >= 11 is 0. The van der Waals surface area contributed by atoms with Crippen LogP contribution in [0.3, 0.4) is 0 Å². The third-order valence-corrected chi connectivity index (χ3v) is 1.47. The summed E-state index contributed by atoms with van der Waals surface area (Å²) in [5, 5.41) is 0. The molecule has 0 amide bonds. The van der Waals surface area contributed by atoms with Gasteiger partial charge in [0.25, 0.3) is 0 Å². The Morgan fingerprint density at radius 2 is 1.50 bits per heavy atom. The van der Waals surface area contributed by atoms with Crippen LogP contribution in [0.2, 0.25) is 0 Å². The van der Waals surface area contributed by atoms with Crippen molar-refractivity contribution < 1.29 is 0 Å². The fourth-order valence-corrected chi connectivity index (χ4v) is 0.838. The van der Waals surface area contributed by atoms with Crippen LogP contribution in [0.25, 0.3) is 0 Å². The van der Waals surface area contributed by atoms with Crippen molar-refractivity contribution in [1.82, 2.24) is 0 Å². The van der Waals surface area contributed by atoms with Crippen LogP contribution >= 0.6 is 13.5 Å². The maximum absolute atomic E-state index is 2.20. The number of benzene rings is 1. The highest BCUT2D eigenvalue weighted by molar-refractivity contribution is 7.59. The summed E-state index contributed by atoms with van der Waals surface area (Å²) in [5.74, 6) is 0.659. The molecule has 1 heteroatoms. The zero-order valence-corrected chi connectivity index (χ0v) is 7.19. The van der Waals surface area contributed by atoms with E-state index in [-0.39, 0.29) is 13.5 Å². The maximum atomic E-state index is 2.20. The van der Waals surface area contributed by atoms with Crippen molar-refractivity contribution in [2.75, 3.05) is 0 Å². The molecule has 0 aromatic heterocycles. The van der Waals surface area contributed by atoms with Gasteiger partial charge >= 0.3 is 0 Å². The van der Waals surface area contributed by atoms with Crippen LogP contribution in [0.15, 0.2) is 30.3 Å². The average molecular weight is 152 g/mol. The summed E-state index contributed by atoms with van der Waals surface area (Å²) in [7, 11) is 0. The van der Waals surface area contributed by atoms with Crippen molar-refractivity contribution in [2.24, 2.45) is 0 Å². The van der Waals surface area contributed by atoms with E-state index in [2.05, 4.69) is 38.1 Å². The highest BCUT2D eigenvalue weighted by atomic mass is 32.1. The van der Waals surface area contributed by atoms with E-state index in [0.29, 0.717) is 5.92 Å². The Morgan fingerprint density at radius 1 is 1.00 bits per heavy atom.